The Morgan fingerprint density at radius 2 is 2.45 bits per heavy atom. The van der Waals surface area contributed by atoms with E-state index in [1.165, 1.54) is 6.92 Å². The van der Waals surface area contributed by atoms with Crippen LogP contribution in [0, 0.1) is 0 Å². The second-order valence-corrected chi connectivity index (χ2v) is 5.80. The average Bonchev–Trinajstić information content (AvgIpc) is 3.15. The summed E-state index contributed by atoms with van der Waals surface area (Å²) >= 11 is 1.54. The van der Waals surface area contributed by atoms with E-state index in [0.717, 1.165) is 29.2 Å². The Labute approximate surface area is 120 Å². The number of rotatable bonds is 4. The van der Waals surface area contributed by atoms with Gasteiger partial charge >= 0.3 is 0 Å². The van der Waals surface area contributed by atoms with Gasteiger partial charge in [-0.05, 0) is 25.0 Å². The van der Waals surface area contributed by atoms with Gasteiger partial charge < -0.3 is 14.6 Å². The summed E-state index contributed by atoms with van der Waals surface area (Å²) in [6.45, 7) is 2.78. The molecule has 6 nitrogen and oxygen atoms in total. The molecule has 106 valence electrons. The molecule has 1 amide bonds. The Morgan fingerprint density at radius 3 is 3.20 bits per heavy atom. The quantitative estimate of drug-likeness (QED) is 0.935. The largest absolute Gasteiger partial charge is 0.368 e. The molecular weight excluding hydrogens is 278 g/mol. The van der Waals surface area contributed by atoms with Gasteiger partial charge in [0.25, 0.3) is 5.89 Å². The number of hydrogen-bond acceptors (Lipinski definition) is 6. The van der Waals surface area contributed by atoms with Gasteiger partial charge in [0, 0.05) is 18.4 Å². The third-order valence-corrected chi connectivity index (χ3v) is 4.12. The number of carbonyl (C=O) groups is 1. The van der Waals surface area contributed by atoms with E-state index in [2.05, 4.69) is 15.5 Å². The first-order valence-corrected chi connectivity index (χ1v) is 7.33. The molecular formula is C13H15N3O3S. The monoisotopic (exact) mass is 293 g/mol. The van der Waals surface area contributed by atoms with Crippen molar-refractivity contribution in [3.05, 3.63) is 22.9 Å². The SMILES string of the molecule is CC(=O)NCc1ccc(-c2noc(C3CCCO3)n2)s1. The minimum absolute atomic E-state index is 0.0415. The van der Waals surface area contributed by atoms with Crippen molar-refractivity contribution in [3.8, 4) is 10.7 Å². The smallest absolute Gasteiger partial charge is 0.256 e. The van der Waals surface area contributed by atoms with Crippen LogP contribution in [-0.2, 0) is 16.1 Å². The number of aromatic nitrogens is 2. The molecule has 1 N–H and O–H groups in total. The molecule has 0 aromatic carbocycles. The highest BCUT2D eigenvalue weighted by Crippen LogP contribution is 2.30. The van der Waals surface area contributed by atoms with Gasteiger partial charge in [-0.25, -0.2) is 0 Å². The lowest BCUT2D eigenvalue weighted by Crippen LogP contribution is -2.17. The molecule has 1 unspecified atom stereocenters. The van der Waals surface area contributed by atoms with E-state index in [4.69, 9.17) is 9.26 Å². The third kappa shape index (κ3) is 2.88. The maximum Gasteiger partial charge on any atom is 0.256 e. The van der Waals surface area contributed by atoms with Gasteiger partial charge in [-0.1, -0.05) is 5.16 Å². The molecule has 0 bridgehead atoms. The molecule has 3 heterocycles. The van der Waals surface area contributed by atoms with Crippen LogP contribution in [0.5, 0.6) is 0 Å². The number of ether oxygens (including phenoxy) is 1. The van der Waals surface area contributed by atoms with E-state index >= 15 is 0 Å². The third-order valence-electron chi connectivity index (χ3n) is 3.04. The number of hydrogen-bond donors (Lipinski definition) is 1. The van der Waals surface area contributed by atoms with Crippen molar-refractivity contribution >= 4 is 17.2 Å². The zero-order valence-electron chi connectivity index (χ0n) is 11.1. The number of nitrogens with zero attached hydrogens (tertiary/aromatic N) is 2. The summed E-state index contributed by atoms with van der Waals surface area (Å²) in [6, 6.07) is 3.89. The molecule has 2 aromatic heterocycles. The van der Waals surface area contributed by atoms with Crippen LogP contribution in [0.4, 0.5) is 0 Å². The topological polar surface area (TPSA) is 77.2 Å². The van der Waals surface area contributed by atoms with Crippen molar-refractivity contribution in [2.45, 2.75) is 32.4 Å². The Balaban J connectivity index is 1.71. The molecule has 20 heavy (non-hydrogen) atoms. The molecule has 0 saturated carbocycles. The first kappa shape index (κ1) is 13.3. The Kier molecular flexibility index (Phi) is 3.79. The molecule has 1 aliphatic heterocycles. The lowest BCUT2D eigenvalue weighted by molar-refractivity contribution is -0.119. The normalized spacial score (nSPS) is 18.4. The number of nitrogens with one attached hydrogen (secondary N) is 1. The molecule has 1 saturated heterocycles. The standard InChI is InChI=1S/C13H15N3O3S/c1-8(17)14-7-9-4-5-11(20-9)12-15-13(19-16-12)10-3-2-6-18-10/h4-5,10H,2-3,6-7H2,1H3,(H,14,17). The van der Waals surface area contributed by atoms with Gasteiger partial charge in [-0.3, -0.25) is 4.79 Å². The second kappa shape index (κ2) is 5.72. The van der Waals surface area contributed by atoms with Gasteiger partial charge in [0.2, 0.25) is 11.7 Å². The van der Waals surface area contributed by atoms with Crippen LogP contribution in [0.2, 0.25) is 0 Å². The van der Waals surface area contributed by atoms with Crippen LogP contribution < -0.4 is 5.32 Å². The van der Waals surface area contributed by atoms with Gasteiger partial charge in [0.15, 0.2) is 0 Å². The molecule has 3 rings (SSSR count). The molecule has 1 atom stereocenters. The molecule has 0 spiro atoms. The first-order chi connectivity index (χ1) is 9.72. The minimum atomic E-state index is -0.0601. The van der Waals surface area contributed by atoms with Crippen molar-refractivity contribution in [1.29, 1.82) is 0 Å². The molecule has 2 aromatic rings. The molecule has 7 heteroatoms. The fraction of sp³-hybridized carbons (Fsp3) is 0.462. The lowest BCUT2D eigenvalue weighted by Gasteiger charge is -2.00. The summed E-state index contributed by atoms with van der Waals surface area (Å²) < 4.78 is 10.8. The fourth-order valence-corrected chi connectivity index (χ4v) is 2.92. The predicted octanol–water partition coefficient (Wildman–Crippen LogP) is 2.29. The van der Waals surface area contributed by atoms with Crippen molar-refractivity contribution in [1.82, 2.24) is 15.5 Å². The summed E-state index contributed by atoms with van der Waals surface area (Å²) in [5.41, 5.74) is 0. The second-order valence-electron chi connectivity index (χ2n) is 4.63. The van der Waals surface area contributed by atoms with Crippen LogP contribution in [0.25, 0.3) is 10.7 Å². The summed E-state index contributed by atoms with van der Waals surface area (Å²) in [7, 11) is 0. The van der Waals surface area contributed by atoms with Gasteiger partial charge in [-0.15, -0.1) is 11.3 Å². The number of carbonyl (C=O) groups excluding carboxylic acids is 1. The van der Waals surface area contributed by atoms with Crippen molar-refractivity contribution in [3.63, 3.8) is 0 Å². The Morgan fingerprint density at radius 1 is 1.55 bits per heavy atom. The van der Waals surface area contributed by atoms with Gasteiger partial charge in [-0.2, -0.15) is 4.98 Å². The van der Waals surface area contributed by atoms with Crippen LogP contribution in [0.3, 0.4) is 0 Å². The van der Waals surface area contributed by atoms with Gasteiger partial charge in [0.05, 0.1) is 11.4 Å². The van der Waals surface area contributed by atoms with E-state index in [1.54, 1.807) is 11.3 Å². The van der Waals surface area contributed by atoms with Crippen LogP contribution in [0.1, 0.15) is 36.6 Å². The zero-order valence-corrected chi connectivity index (χ0v) is 11.9. The average molecular weight is 293 g/mol. The van der Waals surface area contributed by atoms with Crippen molar-refractivity contribution in [2.24, 2.45) is 0 Å². The highest BCUT2D eigenvalue weighted by atomic mass is 32.1. The highest BCUT2D eigenvalue weighted by Gasteiger charge is 2.24. The van der Waals surface area contributed by atoms with Gasteiger partial charge in [0.1, 0.15) is 6.10 Å². The van der Waals surface area contributed by atoms with E-state index < -0.39 is 0 Å². The predicted molar refractivity (Wildman–Crippen MR) is 73.1 cm³/mol. The molecule has 1 fully saturated rings. The fourth-order valence-electron chi connectivity index (χ4n) is 2.04. The summed E-state index contributed by atoms with van der Waals surface area (Å²) in [4.78, 5) is 17.3. The van der Waals surface area contributed by atoms with Crippen molar-refractivity contribution in [2.75, 3.05) is 6.61 Å². The molecule has 0 radical (unpaired) electrons. The highest BCUT2D eigenvalue weighted by molar-refractivity contribution is 7.15. The van der Waals surface area contributed by atoms with E-state index in [0.29, 0.717) is 18.3 Å². The molecule has 1 aliphatic rings. The van der Waals surface area contributed by atoms with Crippen molar-refractivity contribution < 1.29 is 14.1 Å². The van der Waals surface area contributed by atoms with E-state index in [1.807, 2.05) is 12.1 Å². The lowest BCUT2D eigenvalue weighted by atomic mass is 10.2. The minimum Gasteiger partial charge on any atom is -0.368 e. The van der Waals surface area contributed by atoms with E-state index in [-0.39, 0.29) is 12.0 Å². The maximum absolute atomic E-state index is 10.9. The number of thiophene rings is 1. The van der Waals surface area contributed by atoms with E-state index in [9.17, 15) is 4.79 Å². The van der Waals surface area contributed by atoms with Crippen LogP contribution in [0.15, 0.2) is 16.7 Å². The summed E-state index contributed by atoms with van der Waals surface area (Å²) in [5.74, 6) is 1.09. The maximum atomic E-state index is 10.9. The number of amides is 1. The van der Waals surface area contributed by atoms with Crippen LogP contribution in [-0.4, -0.2) is 22.7 Å². The zero-order chi connectivity index (χ0) is 13.9. The first-order valence-electron chi connectivity index (χ1n) is 6.51. The summed E-state index contributed by atoms with van der Waals surface area (Å²) in [6.07, 6.45) is 1.90. The molecule has 0 aliphatic carbocycles. The summed E-state index contributed by atoms with van der Waals surface area (Å²) in [5, 5.41) is 6.76. The Bertz CT molecular complexity index is 602. The Hall–Kier alpha value is -1.73. The van der Waals surface area contributed by atoms with Crippen LogP contribution >= 0.6 is 11.3 Å².